The number of rotatable bonds is 5. The van der Waals surface area contributed by atoms with Crippen molar-refractivity contribution in [3.05, 3.63) is 54.3 Å². The van der Waals surface area contributed by atoms with Crippen LogP contribution in [0.3, 0.4) is 0 Å². The van der Waals surface area contributed by atoms with E-state index < -0.39 is 12.0 Å². The zero-order valence-electron chi connectivity index (χ0n) is 14.4. The van der Waals surface area contributed by atoms with Crippen molar-refractivity contribution in [2.24, 2.45) is 0 Å². The minimum atomic E-state index is -0.773. The number of benzene rings is 2. The largest absolute Gasteiger partial charge is 0.450 e. The number of halogens is 1. The van der Waals surface area contributed by atoms with Crippen molar-refractivity contribution >= 4 is 34.5 Å². The Bertz CT molecular complexity index is 980. The zero-order valence-corrected chi connectivity index (χ0v) is 15.3. The number of amides is 2. The maximum atomic E-state index is 13.2. The molecule has 6 nitrogen and oxygen atoms in total. The van der Waals surface area contributed by atoms with E-state index in [1.54, 1.807) is 19.1 Å². The van der Waals surface area contributed by atoms with Crippen molar-refractivity contribution in [3.63, 3.8) is 0 Å². The Balaban J connectivity index is 1.84. The molecule has 27 heavy (non-hydrogen) atoms. The van der Waals surface area contributed by atoms with Gasteiger partial charge in [0.1, 0.15) is 16.5 Å². The standard InChI is InChI=1S/C19H16FN3O3S/c1-2-26-19(25)21-16(24)11-27-18-15-6-4-3-5-14(15)17(22-23-18)12-7-9-13(20)10-8-12/h3-10H,2,11H2,1H3,(H,21,24,25). The van der Waals surface area contributed by atoms with Crippen molar-refractivity contribution in [2.45, 2.75) is 11.9 Å². The van der Waals surface area contributed by atoms with Crippen LogP contribution in [0, 0.1) is 5.82 Å². The smallest absolute Gasteiger partial charge is 0.413 e. The number of fused-ring (bicyclic) bond motifs is 1. The minimum absolute atomic E-state index is 0.00656. The van der Waals surface area contributed by atoms with Gasteiger partial charge in [-0.15, -0.1) is 10.2 Å². The quantitative estimate of drug-likeness (QED) is 0.673. The van der Waals surface area contributed by atoms with Gasteiger partial charge in [-0.1, -0.05) is 36.0 Å². The third-order valence-corrected chi connectivity index (χ3v) is 4.61. The van der Waals surface area contributed by atoms with Crippen LogP contribution in [-0.4, -0.2) is 34.6 Å². The highest BCUT2D eigenvalue weighted by atomic mass is 32.2. The number of thioether (sulfide) groups is 1. The first-order valence-corrected chi connectivity index (χ1v) is 9.18. The second-order valence-electron chi connectivity index (χ2n) is 5.46. The van der Waals surface area contributed by atoms with Crippen LogP contribution in [0.1, 0.15) is 6.92 Å². The molecule has 2 aromatic carbocycles. The van der Waals surface area contributed by atoms with E-state index in [0.29, 0.717) is 10.7 Å². The van der Waals surface area contributed by atoms with Gasteiger partial charge >= 0.3 is 6.09 Å². The molecule has 8 heteroatoms. The third kappa shape index (κ3) is 4.59. The molecule has 0 aliphatic rings. The molecule has 0 radical (unpaired) electrons. The molecule has 0 aliphatic carbocycles. The lowest BCUT2D eigenvalue weighted by Gasteiger charge is -2.09. The first-order chi connectivity index (χ1) is 13.1. The van der Waals surface area contributed by atoms with Gasteiger partial charge in [-0.2, -0.15) is 0 Å². The first-order valence-electron chi connectivity index (χ1n) is 8.19. The highest BCUT2D eigenvalue weighted by Crippen LogP contribution is 2.31. The van der Waals surface area contributed by atoms with Crippen LogP contribution in [0.15, 0.2) is 53.6 Å². The van der Waals surface area contributed by atoms with Crippen LogP contribution in [0.25, 0.3) is 22.0 Å². The molecule has 0 aliphatic heterocycles. The van der Waals surface area contributed by atoms with Gasteiger partial charge in [0.05, 0.1) is 12.4 Å². The SMILES string of the molecule is CCOC(=O)NC(=O)CSc1nnc(-c2ccc(F)cc2)c2ccccc12. The Kier molecular flexibility index (Phi) is 5.97. The number of hydrogen-bond acceptors (Lipinski definition) is 6. The number of nitrogens with zero attached hydrogens (tertiary/aromatic N) is 2. The average Bonchev–Trinajstić information content (AvgIpc) is 2.67. The van der Waals surface area contributed by atoms with Crippen LogP contribution >= 0.6 is 11.8 Å². The Labute approximate surface area is 159 Å². The van der Waals surface area contributed by atoms with Crippen LogP contribution in [-0.2, 0) is 9.53 Å². The Morgan fingerprint density at radius 2 is 1.78 bits per heavy atom. The number of carbonyl (C=O) groups is 2. The molecule has 0 unspecified atom stereocenters. The van der Waals surface area contributed by atoms with Crippen molar-refractivity contribution in [3.8, 4) is 11.3 Å². The summed E-state index contributed by atoms with van der Waals surface area (Å²) in [5.74, 6) is -0.810. The van der Waals surface area contributed by atoms with Gasteiger partial charge in [0, 0.05) is 16.3 Å². The normalized spacial score (nSPS) is 10.6. The van der Waals surface area contributed by atoms with Gasteiger partial charge in [0.25, 0.3) is 0 Å². The fourth-order valence-corrected chi connectivity index (χ4v) is 3.23. The average molecular weight is 385 g/mol. The van der Waals surface area contributed by atoms with Crippen LogP contribution in [0.2, 0.25) is 0 Å². The second-order valence-corrected chi connectivity index (χ2v) is 6.43. The summed E-state index contributed by atoms with van der Waals surface area (Å²) in [5.41, 5.74) is 1.38. The van der Waals surface area contributed by atoms with Crippen molar-refractivity contribution < 1.29 is 18.7 Å². The number of alkyl carbamates (subject to hydrolysis) is 1. The monoisotopic (exact) mass is 385 g/mol. The first kappa shape index (κ1) is 18.8. The van der Waals surface area contributed by atoms with Crippen LogP contribution in [0.5, 0.6) is 0 Å². The molecule has 1 N–H and O–H groups in total. The number of nitrogens with one attached hydrogen (secondary N) is 1. The molecule has 2 amide bonds. The lowest BCUT2D eigenvalue weighted by molar-refractivity contribution is -0.117. The summed E-state index contributed by atoms with van der Waals surface area (Å²) < 4.78 is 17.9. The van der Waals surface area contributed by atoms with E-state index in [2.05, 4.69) is 20.3 Å². The molecule has 0 fully saturated rings. The highest BCUT2D eigenvalue weighted by Gasteiger charge is 2.14. The van der Waals surface area contributed by atoms with E-state index >= 15 is 0 Å². The number of carbonyl (C=O) groups excluding carboxylic acids is 2. The summed E-state index contributed by atoms with van der Waals surface area (Å²) in [6.07, 6.45) is -0.773. The van der Waals surface area contributed by atoms with Gasteiger partial charge in [-0.3, -0.25) is 10.1 Å². The van der Waals surface area contributed by atoms with E-state index in [0.717, 1.165) is 16.3 Å². The predicted molar refractivity (Wildman–Crippen MR) is 101 cm³/mol. The number of aromatic nitrogens is 2. The molecule has 3 aromatic rings. The van der Waals surface area contributed by atoms with E-state index in [4.69, 9.17) is 0 Å². The van der Waals surface area contributed by atoms with E-state index in [-0.39, 0.29) is 18.2 Å². The van der Waals surface area contributed by atoms with Gasteiger partial charge < -0.3 is 4.74 Å². The third-order valence-electron chi connectivity index (χ3n) is 3.63. The Morgan fingerprint density at radius 3 is 2.48 bits per heavy atom. The summed E-state index contributed by atoms with van der Waals surface area (Å²) >= 11 is 1.17. The van der Waals surface area contributed by atoms with E-state index in [1.807, 2.05) is 24.3 Å². The lowest BCUT2D eigenvalue weighted by Crippen LogP contribution is -2.32. The maximum Gasteiger partial charge on any atom is 0.413 e. The number of imide groups is 1. The Morgan fingerprint density at radius 1 is 1.07 bits per heavy atom. The fourth-order valence-electron chi connectivity index (χ4n) is 2.46. The number of ether oxygens (including phenoxy) is 1. The van der Waals surface area contributed by atoms with Gasteiger partial charge in [0.2, 0.25) is 5.91 Å². The van der Waals surface area contributed by atoms with Crippen molar-refractivity contribution in [2.75, 3.05) is 12.4 Å². The molecule has 1 aromatic heterocycles. The molecule has 1 heterocycles. The molecule has 0 saturated heterocycles. The maximum absolute atomic E-state index is 13.2. The van der Waals surface area contributed by atoms with Crippen molar-refractivity contribution in [1.82, 2.24) is 15.5 Å². The second kappa shape index (κ2) is 8.59. The number of hydrogen-bond donors (Lipinski definition) is 1. The molecule has 0 bridgehead atoms. The Hall–Kier alpha value is -3.00. The fraction of sp³-hybridized carbons (Fsp3) is 0.158. The molecule has 0 atom stereocenters. The molecule has 0 spiro atoms. The molecule has 0 saturated carbocycles. The van der Waals surface area contributed by atoms with Crippen LogP contribution < -0.4 is 5.32 Å². The lowest BCUT2D eigenvalue weighted by atomic mass is 10.1. The van der Waals surface area contributed by atoms with Crippen LogP contribution in [0.4, 0.5) is 9.18 Å². The summed E-state index contributed by atoms with van der Waals surface area (Å²) in [4.78, 5) is 23.1. The minimum Gasteiger partial charge on any atom is -0.450 e. The summed E-state index contributed by atoms with van der Waals surface area (Å²) in [5, 5.41) is 12.8. The zero-order chi connectivity index (χ0) is 19.2. The van der Waals surface area contributed by atoms with Gasteiger partial charge in [0.15, 0.2) is 0 Å². The van der Waals surface area contributed by atoms with Crippen molar-refractivity contribution in [1.29, 1.82) is 0 Å². The molecular formula is C19H16FN3O3S. The van der Waals surface area contributed by atoms with E-state index in [1.165, 1.54) is 23.9 Å². The molecular weight excluding hydrogens is 369 g/mol. The molecule has 3 rings (SSSR count). The summed E-state index contributed by atoms with van der Waals surface area (Å²) in [6, 6.07) is 13.5. The predicted octanol–water partition coefficient (Wildman–Crippen LogP) is 3.80. The topological polar surface area (TPSA) is 81.2 Å². The van der Waals surface area contributed by atoms with E-state index in [9.17, 15) is 14.0 Å². The summed E-state index contributed by atoms with van der Waals surface area (Å²) in [6.45, 7) is 1.84. The summed E-state index contributed by atoms with van der Waals surface area (Å²) in [7, 11) is 0. The van der Waals surface area contributed by atoms with Gasteiger partial charge in [-0.05, 0) is 31.2 Å². The highest BCUT2D eigenvalue weighted by molar-refractivity contribution is 8.00. The molecule has 138 valence electrons. The van der Waals surface area contributed by atoms with Gasteiger partial charge in [-0.25, -0.2) is 9.18 Å².